The van der Waals surface area contributed by atoms with Gasteiger partial charge in [-0.25, -0.2) is 0 Å². The van der Waals surface area contributed by atoms with Crippen LogP contribution in [0, 0.1) is 0 Å². The Hall–Kier alpha value is -3.39. The van der Waals surface area contributed by atoms with E-state index in [1.807, 2.05) is 41.3 Å². The van der Waals surface area contributed by atoms with Gasteiger partial charge in [0.15, 0.2) is 11.5 Å². The zero-order valence-corrected chi connectivity index (χ0v) is 19.9. The Morgan fingerprint density at radius 3 is 2.69 bits per heavy atom. The van der Waals surface area contributed by atoms with Crippen LogP contribution in [0.25, 0.3) is 0 Å². The van der Waals surface area contributed by atoms with E-state index in [-0.39, 0.29) is 49.9 Å². The molecule has 3 aliphatic rings. The van der Waals surface area contributed by atoms with Crippen LogP contribution in [0.1, 0.15) is 43.2 Å². The Balaban J connectivity index is 1.43. The van der Waals surface area contributed by atoms with E-state index >= 15 is 0 Å². The van der Waals surface area contributed by atoms with Crippen LogP contribution < -0.4 is 9.47 Å². The molecule has 2 saturated heterocycles. The Bertz CT molecular complexity index is 1120. The van der Waals surface area contributed by atoms with E-state index in [0.29, 0.717) is 30.2 Å². The summed E-state index contributed by atoms with van der Waals surface area (Å²) >= 11 is 0. The van der Waals surface area contributed by atoms with Crippen molar-refractivity contribution in [3.8, 4) is 11.5 Å². The van der Waals surface area contributed by atoms with Crippen molar-refractivity contribution in [3.05, 3.63) is 59.7 Å². The normalized spacial score (nSPS) is 23.7. The molecule has 3 aliphatic heterocycles. The smallest absolute Gasteiger partial charge is 0.241 e. The molecular weight excluding hydrogens is 448 g/mol. The highest BCUT2D eigenvalue weighted by Crippen LogP contribution is 2.42. The lowest BCUT2D eigenvalue weighted by Crippen LogP contribution is -2.49. The Morgan fingerprint density at radius 1 is 1.09 bits per heavy atom. The van der Waals surface area contributed by atoms with Crippen molar-refractivity contribution in [2.75, 3.05) is 27.1 Å². The number of likely N-dealkylation sites (tertiary alicyclic amines) is 2. The van der Waals surface area contributed by atoms with Gasteiger partial charge in [-0.3, -0.25) is 19.3 Å². The lowest BCUT2D eigenvalue weighted by atomic mass is 9.75. The molecule has 0 aliphatic carbocycles. The zero-order chi connectivity index (χ0) is 24.4. The fraction of sp³-hybridized carbons (Fsp3) is 0.444. The van der Waals surface area contributed by atoms with Gasteiger partial charge in [0.1, 0.15) is 0 Å². The van der Waals surface area contributed by atoms with Gasteiger partial charge in [0.05, 0.1) is 24.6 Å². The van der Waals surface area contributed by atoms with Crippen LogP contribution in [-0.4, -0.2) is 60.6 Å². The van der Waals surface area contributed by atoms with Gasteiger partial charge in [-0.2, -0.15) is 0 Å². The molecule has 2 aromatic rings. The first-order valence-corrected chi connectivity index (χ1v) is 12.1. The van der Waals surface area contributed by atoms with E-state index in [0.717, 1.165) is 24.8 Å². The van der Waals surface area contributed by atoms with Gasteiger partial charge in [-0.05, 0) is 42.5 Å². The number of hydrogen-bond acceptors (Lipinski definition) is 6. The minimum absolute atomic E-state index is 0.00832. The summed E-state index contributed by atoms with van der Waals surface area (Å²) in [5.41, 5.74) is 0.239. The number of rotatable bonds is 7. The zero-order valence-electron chi connectivity index (χ0n) is 19.9. The van der Waals surface area contributed by atoms with Crippen LogP contribution >= 0.6 is 0 Å². The third kappa shape index (κ3) is 4.38. The standard InChI is InChI=1S/C27H30N2O6/c1-33-17-21-9-5-6-12-28(21)24(30)14-27(20-7-3-2-4-8-20)15-25(31)29(26(27)32)16-19-10-11-22-23(13-19)35-18-34-22/h2-4,7-8,10-11,13,21H,5-6,9,12,14-18H2,1H3/t21-,27-/m1/s1. The molecule has 8 heteroatoms. The first-order chi connectivity index (χ1) is 17.0. The van der Waals surface area contributed by atoms with E-state index in [1.54, 1.807) is 19.2 Å². The molecule has 0 bridgehead atoms. The second-order valence-electron chi connectivity index (χ2n) is 9.47. The molecule has 8 nitrogen and oxygen atoms in total. The Morgan fingerprint density at radius 2 is 1.89 bits per heavy atom. The minimum Gasteiger partial charge on any atom is -0.454 e. The van der Waals surface area contributed by atoms with Gasteiger partial charge in [0.25, 0.3) is 0 Å². The third-order valence-corrected chi connectivity index (χ3v) is 7.27. The summed E-state index contributed by atoms with van der Waals surface area (Å²) in [6.07, 6.45) is 2.77. The SMILES string of the molecule is COC[C@H]1CCCCN1C(=O)C[C@]1(c2ccccc2)CC(=O)N(Cc2ccc3c(c2)OCO3)C1=O. The molecule has 3 amide bonds. The molecule has 5 rings (SSSR count). The average Bonchev–Trinajstić information content (AvgIpc) is 3.43. The van der Waals surface area contributed by atoms with Crippen molar-refractivity contribution in [1.29, 1.82) is 0 Å². The predicted molar refractivity (Wildman–Crippen MR) is 127 cm³/mol. The number of carbonyl (C=O) groups excluding carboxylic acids is 3. The second-order valence-corrected chi connectivity index (χ2v) is 9.47. The molecule has 0 aromatic heterocycles. The van der Waals surface area contributed by atoms with Gasteiger partial charge >= 0.3 is 0 Å². The molecule has 35 heavy (non-hydrogen) atoms. The molecule has 0 spiro atoms. The molecule has 0 radical (unpaired) electrons. The van der Waals surface area contributed by atoms with Crippen molar-refractivity contribution in [1.82, 2.24) is 9.80 Å². The fourth-order valence-corrected chi connectivity index (χ4v) is 5.46. The van der Waals surface area contributed by atoms with Crippen LogP contribution in [0.15, 0.2) is 48.5 Å². The van der Waals surface area contributed by atoms with Gasteiger partial charge < -0.3 is 19.1 Å². The topological polar surface area (TPSA) is 85.4 Å². The maximum absolute atomic E-state index is 14.0. The molecule has 0 saturated carbocycles. The number of benzene rings is 2. The number of hydrogen-bond donors (Lipinski definition) is 0. The van der Waals surface area contributed by atoms with Crippen molar-refractivity contribution in [2.45, 2.75) is 50.1 Å². The van der Waals surface area contributed by atoms with Gasteiger partial charge in [-0.1, -0.05) is 36.4 Å². The number of fused-ring (bicyclic) bond motifs is 1. The number of ether oxygens (including phenoxy) is 3. The monoisotopic (exact) mass is 478 g/mol. The largest absolute Gasteiger partial charge is 0.454 e. The molecular formula is C27H30N2O6. The number of methoxy groups -OCH3 is 1. The van der Waals surface area contributed by atoms with Crippen molar-refractivity contribution < 1.29 is 28.6 Å². The number of piperidine rings is 1. The summed E-state index contributed by atoms with van der Waals surface area (Å²) in [4.78, 5) is 43.9. The quantitative estimate of drug-likeness (QED) is 0.569. The fourth-order valence-electron chi connectivity index (χ4n) is 5.46. The lowest BCUT2D eigenvalue weighted by Gasteiger charge is -2.37. The summed E-state index contributed by atoms with van der Waals surface area (Å²) in [7, 11) is 1.63. The highest BCUT2D eigenvalue weighted by molar-refractivity contribution is 6.10. The highest BCUT2D eigenvalue weighted by atomic mass is 16.7. The molecule has 2 atom stereocenters. The Labute approximate surface area is 204 Å². The second kappa shape index (κ2) is 9.70. The summed E-state index contributed by atoms with van der Waals surface area (Å²) < 4.78 is 16.2. The van der Waals surface area contributed by atoms with Crippen LogP contribution in [0.4, 0.5) is 0 Å². The maximum Gasteiger partial charge on any atom is 0.241 e. The summed E-state index contributed by atoms with van der Waals surface area (Å²) in [5.74, 6) is 0.516. The van der Waals surface area contributed by atoms with Gasteiger partial charge in [0, 0.05) is 26.5 Å². The first-order valence-electron chi connectivity index (χ1n) is 12.1. The third-order valence-electron chi connectivity index (χ3n) is 7.27. The highest BCUT2D eigenvalue weighted by Gasteiger charge is 2.54. The summed E-state index contributed by atoms with van der Waals surface area (Å²) in [6, 6.07) is 14.6. The summed E-state index contributed by atoms with van der Waals surface area (Å²) in [5, 5.41) is 0. The van der Waals surface area contributed by atoms with Crippen LogP contribution in [0.3, 0.4) is 0 Å². The predicted octanol–water partition coefficient (Wildman–Crippen LogP) is 3.03. The summed E-state index contributed by atoms with van der Waals surface area (Å²) in [6.45, 7) is 1.38. The van der Waals surface area contributed by atoms with E-state index in [2.05, 4.69) is 0 Å². The van der Waals surface area contributed by atoms with E-state index in [1.165, 1.54) is 4.90 Å². The van der Waals surface area contributed by atoms with Crippen LogP contribution in [0.2, 0.25) is 0 Å². The lowest BCUT2D eigenvalue weighted by molar-refractivity contribution is -0.144. The first kappa shape index (κ1) is 23.4. The minimum atomic E-state index is -1.22. The van der Waals surface area contributed by atoms with E-state index in [4.69, 9.17) is 14.2 Å². The van der Waals surface area contributed by atoms with Crippen molar-refractivity contribution >= 4 is 17.7 Å². The number of nitrogens with zero attached hydrogens (tertiary/aromatic N) is 2. The van der Waals surface area contributed by atoms with Crippen LogP contribution in [-0.2, 0) is 31.1 Å². The molecule has 2 fully saturated rings. The molecule has 0 N–H and O–H groups in total. The van der Waals surface area contributed by atoms with Crippen LogP contribution in [0.5, 0.6) is 11.5 Å². The van der Waals surface area contributed by atoms with Gasteiger partial charge in [0.2, 0.25) is 24.5 Å². The number of imide groups is 1. The Kier molecular flexibility index (Phi) is 6.47. The van der Waals surface area contributed by atoms with Crippen molar-refractivity contribution in [3.63, 3.8) is 0 Å². The molecule has 2 aromatic carbocycles. The number of amides is 3. The average molecular weight is 479 g/mol. The van der Waals surface area contributed by atoms with E-state index in [9.17, 15) is 14.4 Å². The molecule has 3 heterocycles. The van der Waals surface area contributed by atoms with E-state index < -0.39 is 5.41 Å². The maximum atomic E-state index is 14.0. The molecule has 0 unspecified atom stereocenters. The number of carbonyl (C=O) groups is 3. The van der Waals surface area contributed by atoms with Crippen molar-refractivity contribution in [2.24, 2.45) is 0 Å². The molecule has 184 valence electrons. The van der Waals surface area contributed by atoms with Gasteiger partial charge in [-0.15, -0.1) is 0 Å².